The van der Waals surface area contributed by atoms with E-state index < -0.39 is 6.04 Å². The Hall–Kier alpha value is -2.21. The molecule has 1 saturated heterocycles. The fourth-order valence-electron chi connectivity index (χ4n) is 6.30. The smallest absolute Gasteiger partial charge is 0.255 e. The molecular weight excluding hydrogens is 402 g/mol. The molecule has 6 nitrogen and oxygen atoms in total. The first-order valence-corrected chi connectivity index (χ1v) is 12.6. The minimum atomic E-state index is -0.543. The molecule has 0 radical (unpaired) electrons. The lowest BCUT2D eigenvalue weighted by molar-refractivity contribution is -0.136. The molecule has 2 aliphatic carbocycles. The van der Waals surface area contributed by atoms with Crippen LogP contribution in [0.25, 0.3) is 0 Å². The zero-order valence-electron chi connectivity index (χ0n) is 18.9. The average molecular weight is 438 g/mol. The summed E-state index contributed by atoms with van der Waals surface area (Å²) in [5.74, 6) is -0.0364. The van der Waals surface area contributed by atoms with Crippen molar-refractivity contribution in [2.45, 2.75) is 102 Å². The minimum Gasteiger partial charge on any atom is -0.322 e. The summed E-state index contributed by atoms with van der Waals surface area (Å²) < 4.78 is 0. The maximum Gasteiger partial charge on any atom is 0.255 e. The zero-order chi connectivity index (χ0) is 22.1. The number of nitrogens with zero attached hydrogens (tertiary/aromatic N) is 1. The van der Waals surface area contributed by atoms with Crippen LogP contribution in [-0.4, -0.2) is 40.7 Å². The summed E-state index contributed by atoms with van der Waals surface area (Å²) >= 11 is 0. The van der Waals surface area contributed by atoms with Gasteiger partial charge in [-0.2, -0.15) is 0 Å². The van der Waals surface area contributed by atoms with Gasteiger partial charge in [0.05, 0.1) is 0 Å². The van der Waals surface area contributed by atoms with E-state index in [4.69, 9.17) is 0 Å². The minimum absolute atomic E-state index is 0.0874. The molecule has 5 rings (SSSR count). The van der Waals surface area contributed by atoms with Gasteiger partial charge >= 0.3 is 0 Å². The van der Waals surface area contributed by atoms with Crippen LogP contribution in [0.2, 0.25) is 0 Å². The standard InChI is InChI=1S/C26H35N3O3/c30-24-13-12-23(25(31)28-24)29-16-19-15-17(10-11-21(19)26(29)32)14-18-6-4-5-9-22(18)27-20-7-2-1-3-8-20/h10-11,15,18,20,22-23,27H,1-9,12-14,16H2,(H,28,30,31)/t18-,22+,23+/m1/s1. The molecule has 4 aliphatic rings. The second-order valence-electron chi connectivity index (χ2n) is 10.2. The Labute approximate surface area is 190 Å². The zero-order valence-corrected chi connectivity index (χ0v) is 18.9. The van der Waals surface area contributed by atoms with Gasteiger partial charge in [0.15, 0.2) is 0 Å². The van der Waals surface area contributed by atoms with Crippen molar-refractivity contribution in [3.05, 3.63) is 34.9 Å². The van der Waals surface area contributed by atoms with Crippen LogP contribution in [0.4, 0.5) is 0 Å². The van der Waals surface area contributed by atoms with Crippen molar-refractivity contribution in [2.75, 3.05) is 0 Å². The van der Waals surface area contributed by atoms with Gasteiger partial charge < -0.3 is 10.2 Å². The monoisotopic (exact) mass is 437 g/mol. The van der Waals surface area contributed by atoms with Crippen molar-refractivity contribution in [1.82, 2.24) is 15.5 Å². The van der Waals surface area contributed by atoms with Gasteiger partial charge in [0, 0.05) is 30.6 Å². The van der Waals surface area contributed by atoms with Crippen LogP contribution in [-0.2, 0) is 22.6 Å². The number of imide groups is 1. The first kappa shape index (κ1) is 21.6. The molecular formula is C26H35N3O3. The number of rotatable bonds is 5. The second kappa shape index (κ2) is 9.34. The predicted molar refractivity (Wildman–Crippen MR) is 122 cm³/mol. The van der Waals surface area contributed by atoms with Crippen molar-refractivity contribution < 1.29 is 14.4 Å². The van der Waals surface area contributed by atoms with E-state index in [1.807, 2.05) is 6.07 Å². The Balaban J connectivity index is 1.26. The molecule has 2 aliphatic heterocycles. The Kier molecular flexibility index (Phi) is 6.31. The van der Waals surface area contributed by atoms with E-state index in [1.165, 1.54) is 63.4 Å². The summed E-state index contributed by atoms with van der Waals surface area (Å²) in [6.07, 6.45) is 13.7. The molecule has 2 heterocycles. The first-order valence-electron chi connectivity index (χ1n) is 12.6. The summed E-state index contributed by atoms with van der Waals surface area (Å²) in [7, 11) is 0. The molecule has 1 aromatic rings. The SMILES string of the molecule is O=C1CC[C@H](N2Cc3cc(C[C@H]4CCCC[C@@H]4NC4CCCCC4)ccc3C2=O)C(=O)N1. The highest BCUT2D eigenvalue weighted by atomic mass is 16.2. The number of piperidine rings is 1. The molecule has 32 heavy (non-hydrogen) atoms. The van der Waals surface area contributed by atoms with Gasteiger partial charge in [-0.25, -0.2) is 0 Å². The van der Waals surface area contributed by atoms with Crippen molar-refractivity contribution in [3.8, 4) is 0 Å². The molecule has 3 fully saturated rings. The number of hydrogen-bond acceptors (Lipinski definition) is 4. The molecule has 0 unspecified atom stereocenters. The van der Waals surface area contributed by atoms with Gasteiger partial charge in [0.1, 0.15) is 6.04 Å². The first-order chi connectivity index (χ1) is 15.6. The summed E-state index contributed by atoms with van der Waals surface area (Å²) in [6.45, 7) is 0.461. The van der Waals surface area contributed by atoms with Crippen LogP contribution in [0, 0.1) is 5.92 Å². The molecule has 0 spiro atoms. The average Bonchev–Trinajstić information content (AvgIpc) is 3.11. The van der Waals surface area contributed by atoms with E-state index in [0.717, 1.165) is 12.0 Å². The summed E-state index contributed by atoms with van der Waals surface area (Å²) in [5, 5.41) is 6.39. The number of nitrogens with one attached hydrogen (secondary N) is 2. The van der Waals surface area contributed by atoms with Crippen molar-refractivity contribution >= 4 is 17.7 Å². The Morgan fingerprint density at radius 2 is 1.72 bits per heavy atom. The summed E-state index contributed by atoms with van der Waals surface area (Å²) in [6, 6.07) is 6.99. The third kappa shape index (κ3) is 4.47. The van der Waals surface area contributed by atoms with E-state index >= 15 is 0 Å². The lowest BCUT2D eigenvalue weighted by Crippen LogP contribution is -2.52. The lowest BCUT2D eigenvalue weighted by atomic mass is 9.79. The number of fused-ring (bicyclic) bond motifs is 1. The highest BCUT2D eigenvalue weighted by Gasteiger charge is 2.39. The Morgan fingerprint density at radius 3 is 2.53 bits per heavy atom. The van der Waals surface area contributed by atoms with Gasteiger partial charge in [0.25, 0.3) is 5.91 Å². The molecule has 3 amide bonds. The van der Waals surface area contributed by atoms with E-state index in [9.17, 15) is 14.4 Å². The number of carbonyl (C=O) groups excluding carboxylic acids is 3. The van der Waals surface area contributed by atoms with Crippen LogP contribution in [0.1, 0.15) is 92.1 Å². The van der Waals surface area contributed by atoms with Crippen LogP contribution in [0.3, 0.4) is 0 Å². The normalized spacial score (nSPS) is 29.2. The Bertz CT molecular complexity index is 892. The maximum atomic E-state index is 12.9. The lowest BCUT2D eigenvalue weighted by Gasteiger charge is -2.36. The van der Waals surface area contributed by atoms with Gasteiger partial charge in [-0.15, -0.1) is 0 Å². The van der Waals surface area contributed by atoms with E-state index in [0.29, 0.717) is 43.0 Å². The van der Waals surface area contributed by atoms with E-state index in [1.54, 1.807) is 4.90 Å². The molecule has 2 saturated carbocycles. The molecule has 172 valence electrons. The maximum absolute atomic E-state index is 12.9. The molecule has 1 aromatic carbocycles. The summed E-state index contributed by atoms with van der Waals surface area (Å²) in [4.78, 5) is 38.4. The van der Waals surface area contributed by atoms with Crippen LogP contribution in [0.5, 0.6) is 0 Å². The van der Waals surface area contributed by atoms with Crippen molar-refractivity contribution in [3.63, 3.8) is 0 Å². The van der Waals surface area contributed by atoms with Crippen LogP contribution in [0.15, 0.2) is 18.2 Å². The molecule has 3 atom stereocenters. The third-order valence-corrected chi connectivity index (χ3v) is 8.05. The predicted octanol–water partition coefficient (Wildman–Crippen LogP) is 3.47. The largest absolute Gasteiger partial charge is 0.322 e. The fraction of sp³-hybridized carbons (Fsp3) is 0.654. The fourth-order valence-corrected chi connectivity index (χ4v) is 6.30. The number of carbonyl (C=O) groups is 3. The highest BCUT2D eigenvalue weighted by molar-refractivity contribution is 6.05. The number of benzene rings is 1. The second-order valence-corrected chi connectivity index (χ2v) is 10.2. The summed E-state index contributed by atoms with van der Waals surface area (Å²) in [5.41, 5.74) is 3.02. The van der Waals surface area contributed by atoms with Gasteiger partial charge in [-0.3, -0.25) is 19.7 Å². The molecule has 0 bridgehead atoms. The van der Waals surface area contributed by atoms with Crippen molar-refractivity contribution in [2.24, 2.45) is 5.92 Å². The Morgan fingerprint density at radius 1 is 0.938 bits per heavy atom. The molecule has 2 N–H and O–H groups in total. The van der Waals surface area contributed by atoms with Crippen LogP contribution < -0.4 is 10.6 Å². The topological polar surface area (TPSA) is 78.5 Å². The number of amides is 3. The van der Waals surface area contributed by atoms with Crippen LogP contribution >= 0.6 is 0 Å². The van der Waals surface area contributed by atoms with Gasteiger partial charge in [0.2, 0.25) is 11.8 Å². The van der Waals surface area contributed by atoms with E-state index in [-0.39, 0.29) is 17.7 Å². The number of hydrogen-bond donors (Lipinski definition) is 2. The van der Waals surface area contributed by atoms with E-state index in [2.05, 4.69) is 22.8 Å². The molecule has 6 heteroatoms. The third-order valence-electron chi connectivity index (χ3n) is 8.05. The molecule has 0 aromatic heterocycles. The van der Waals surface area contributed by atoms with Gasteiger partial charge in [-0.1, -0.05) is 44.2 Å². The highest BCUT2D eigenvalue weighted by Crippen LogP contribution is 2.32. The van der Waals surface area contributed by atoms with Crippen molar-refractivity contribution in [1.29, 1.82) is 0 Å². The quantitative estimate of drug-likeness (QED) is 0.692. The van der Waals surface area contributed by atoms with Gasteiger partial charge in [-0.05, 0) is 61.6 Å².